The summed E-state index contributed by atoms with van der Waals surface area (Å²) in [5.74, 6) is -0.249. The minimum atomic E-state index is -3.49. The Morgan fingerprint density at radius 3 is 2.35 bits per heavy atom. The van der Waals surface area contributed by atoms with E-state index >= 15 is 0 Å². The number of carbonyl (C=O) groups excluding carboxylic acids is 1. The van der Waals surface area contributed by atoms with E-state index in [0.29, 0.717) is 26.3 Å². The Hall–Kier alpha value is -2.68. The summed E-state index contributed by atoms with van der Waals surface area (Å²) in [6.07, 6.45) is 3.12. The molecule has 1 fully saturated rings. The molecule has 1 aliphatic heterocycles. The van der Waals surface area contributed by atoms with E-state index in [9.17, 15) is 13.2 Å². The number of ether oxygens (including phenoxy) is 1. The molecule has 0 radical (unpaired) electrons. The minimum absolute atomic E-state index is 0.247. The number of hydrogen-bond donors (Lipinski definition) is 1. The van der Waals surface area contributed by atoms with Crippen molar-refractivity contribution >= 4 is 33.4 Å². The van der Waals surface area contributed by atoms with E-state index in [4.69, 9.17) is 4.74 Å². The van der Waals surface area contributed by atoms with E-state index in [-0.39, 0.29) is 10.8 Å². The second kappa shape index (κ2) is 10.6. The van der Waals surface area contributed by atoms with Gasteiger partial charge in [-0.25, -0.2) is 8.42 Å². The van der Waals surface area contributed by atoms with Crippen LogP contribution in [0.5, 0.6) is 0 Å². The van der Waals surface area contributed by atoms with Crippen LogP contribution < -0.4 is 10.2 Å². The van der Waals surface area contributed by atoms with Gasteiger partial charge in [0.1, 0.15) is 0 Å². The van der Waals surface area contributed by atoms with Crippen LogP contribution in [0.15, 0.2) is 59.5 Å². The molecule has 0 unspecified atom stereocenters. The summed E-state index contributed by atoms with van der Waals surface area (Å²) in [7, 11) is -3.49. The summed E-state index contributed by atoms with van der Waals surface area (Å²) < 4.78 is 32.0. The first kappa shape index (κ1) is 23.0. The predicted octanol–water partition coefficient (Wildman–Crippen LogP) is 3.21. The van der Waals surface area contributed by atoms with Crippen molar-refractivity contribution in [2.75, 3.05) is 49.6 Å². The molecule has 0 saturated carbocycles. The Morgan fingerprint density at radius 1 is 1.06 bits per heavy atom. The lowest BCUT2D eigenvalue weighted by Crippen LogP contribution is -2.36. The van der Waals surface area contributed by atoms with E-state index in [0.717, 1.165) is 30.0 Å². The summed E-state index contributed by atoms with van der Waals surface area (Å²) in [5.41, 5.74) is 2.47. The van der Waals surface area contributed by atoms with Crippen LogP contribution >= 0.6 is 0 Å². The number of morpholine rings is 1. The maximum absolute atomic E-state index is 12.6. The SMILES string of the molecule is CCN(CC)S(=O)(=O)c1ccc(C=CC(=O)Nc2ccccc2N2CCOCC2)cc1. The fourth-order valence-electron chi connectivity index (χ4n) is 3.47. The normalized spacial score (nSPS) is 14.9. The molecule has 0 spiro atoms. The first-order valence-electron chi connectivity index (χ1n) is 10.5. The topological polar surface area (TPSA) is 79.0 Å². The Balaban J connectivity index is 1.67. The number of rotatable bonds is 8. The van der Waals surface area contributed by atoms with E-state index in [1.165, 1.54) is 10.4 Å². The first-order chi connectivity index (χ1) is 15.0. The Bertz CT molecular complexity index is 1010. The highest BCUT2D eigenvalue weighted by atomic mass is 32.2. The maximum atomic E-state index is 12.6. The highest BCUT2D eigenvalue weighted by Crippen LogP contribution is 2.26. The fraction of sp³-hybridized carbons (Fsp3) is 0.348. The lowest BCUT2D eigenvalue weighted by Gasteiger charge is -2.30. The molecule has 0 aromatic heterocycles. The summed E-state index contributed by atoms with van der Waals surface area (Å²) in [5, 5.41) is 2.93. The molecule has 1 amide bonds. The summed E-state index contributed by atoms with van der Waals surface area (Å²) in [4.78, 5) is 14.9. The van der Waals surface area contributed by atoms with Crippen molar-refractivity contribution in [1.82, 2.24) is 4.31 Å². The number of anilines is 2. The van der Waals surface area contributed by atoms with E-state index < -0.39 is 10.0 Å². The number of nitrogens with one attached hydrogen (secondary N) is 1. The maximum Gasteiger partial charge on any atom is 0.248 e. The van der Waals surface area contributed by atoms with E-state index in [2.05, 4.69) is 10.2 Å². The fourth-order valence-corrected chi connectivity index (χ4v) is 4.93. The molecular formula is C23H29N3O4S. The van der Waals surface area contributed by atoms with Crippen molar-refractivity contribution < 1.29 is 17.9 Å². The Morgan fingerprint density at radius 2 is 1.71 bits per heavy atom. The molecule has 1 saturated heterocycles. The zero-order valence-corrected chi connectivity index (χ0v) is 18.8. The number of hydrogen-bond acceptors (Lipinski definition) is 5. The molecule has 31 heavy (non-hydrogen) atoms. The molecule has 166 valence electrons. The molecule has 3 rings (SSSR count). The van der Waals surface area contributed by atoms with Crippen molar-refractivity contribution in [1.29, 1.82) is 0 Å². The van der Waals surface area contributed by atoms with Crippen LogP contribution in [0.3, 0.4) is 0 Å². The third-order valence-corrected chi connectivity index (χ3v) is 7.23. The van der Waals surface area contributed by atoms with Gasteiger partial charge in [0.05, 0.1) is 29.5 Å². The molecule has 2 aromatic carbocycles. The van der Waals surface area contributed by atoms with Gasteiger partial charge in [-0.2, -0.15) is 4.31 Å². The van der Waals surface area contributed by atoms with Crippen LogP contribution in [0, 0.1) is 0 Å². The van der Waals surface area contributed by atoms with Gasteiger partial charge in [-0.05, 0) is 35.9 Å². The van der Waals surface area contributed by atoms with Crippen molar-refractivity contribution in [2.45, 2.75) is 18.7 Å². The zero-order valence-electron chi connectivity index (χ0n) is 18.0. The average Bonchev–Trinajstić information content (AvgIpc) is 2.79. The smallest absolute Gasteiger partial charge is 0.248 e. The van der Waals surface area contributed by atoms with Gasteiger partial charge >= 0.3 is 0 Å². The number of nitrogens with zero attached hydrogens (tertiary/aromatic N) is 2. The van der Waals surface area contributed by atoms with Crippen molar-refractivity contribution in [3.63, 3.8) is 0 Å². The highest BCUT2D eigenvalue weighted by molar-refractivity contribution is 7.89. The molecule has 1 aliphatic rings. The largest absolute Gasteiger partial charge is 0.378 e. The summed E-state index contributed by atoms with van der Waals surface area (Å²) in [6.45, 7) is 7.38. The molecule has 8 heteroatoms. The second-order valence-electron chi connectivity index (χ2n) is 7.10. The van der Waals surface area contributed by atoms with Gasteiger partial charge in [-0.3, -0.25) is 4.79 Å². The van der Waals surface area contributed by atoms with Gasteiger partial charge in [0.25, 0.3) is 0 Å². The molecule has 1 heterocycles. The zero-order chi connectivity index (χ0) is 22.3. The van der Waals surface area contributed by atoms with E-state index in [1.807, 2.05) is 38.1 Å². The van der Waals surface area contributed by atoms with Crippen LogP contribution in [0.25, 0.3) is 6.08 Å². The van der Waals surface area contributed by atoms with E-state index in [1.54, 1.807) is 30.3 Å². The standard InChI is InChI=1S/C23H29N3O4S/c1-3-26(4-2)31(28,29)20-12-9-19(10-13-20)11-14-23(27)24-21-7-5-6-8-22(21)25-15-17-30-18-16-25/h5-14H,3-4,15-18H2,1-2H3,(H,24,27). The third-order valence-electron chi connectivity index (χ3n) is 5.16. The molecule has 0 atom stereocenters. The van der Waals surface area contributed by atoms with Crippen molar-refractivity contribution in [2.24, 2.45) is 0 Å². The lowest BCUT2D eigenvalue weighted by atomic mass is 10.2. The van der Waals surface area contributed by atoms with Crippen LogP contribution in [-0.2, 0) is 19.6 Å². The quantitative estimate of drug-likeness (QED) is 0.634. The van der Waals surface area contributed by atoms with Gasteiger partial charge in [-0.1, -0.05) is 38.1 Å². The number of para-hydroxylation sites is 2. The van der Waals surface area contributed by atoms with Gasteiger partial charge in [0.15, 0.2) is 0 Å². The summed E-state index contributed by atoms with van der Waals surface area (Å²) >= 11 is 0. The molecular weight excluding hydrogens is 414 g/mol. The van der Waals surface area contributed by atoms with Gasteiger partial charge < -0.3 is 15.0 Å². The van der Waals surface area contributed by atoms with Crippen LogP contribution in [0.4, 0.5) is 11.4 Å². The van der Waals surface area contributed by atoms with Gasteiger partial charge in [-0.15, -0.1) is 0 Å². The first-order valence-corrected chi connectivity index (χ1v) is 11.9. The monoisotopic (exact) mass is 443 g/mol. The van der Waals surface area contributed by atoms with Crippen molar-refractivity contribution in [3.8, 4) is 0 Å². The third kappa shape index (κ3) is 5.72. The minimum Gasteiger partial charge on any atom is -0.378 e. The number of sulfonamides is 1. The van der Waals surface area contributed by atoms with Crippen molar-refractivity contribution in [3.05, 3.63) is 60.2 Å². The lowest BCUT2D eigenvalue weighted by molar-refractivity contribution is -0.111. The van der Waals surface area contributed by atoms with Crippen LogP contribution in [-0.4, -0.2) is 58.0 Å². The number of amides is 1. The van der Waals surface area contributed by atoms with Crippen LogP contribution in [0.1, 0.15) is 19.4 Å². The number of carbonyl (C=O) groups is 1. The predicted molar refractivity (Wildman–Crippen MR) is 124 cm³/mol. The molecule has 1 N–H and O–H groups in total. The highest BCUT2D eigenvalue weighted by Gasteiger charge is 2.21. The second-order valence-corrected chi connectivity index (χ2v) is 9.04. The molecule has 0 aliphatic carbocycles. The number of benzene rings is 2. The average molecular weight is 444 g/mol. The molecule has 0 bridgehead atoms. The molecule has 7 nitrogen and oxygen atoms in total. The van der Waals surface area contributed by atoms with Gasteiger partial charge in [0.2, 0.25) is 15.9 Å². The van der Waals surface area contributed by atoms with Crippen LogP contribution in [0.2, 0.25) is 0 Å². The molecule has 2 aromatic rings. The van der Waals surface area contributed by atoms with Gasteiger partial charge in [0, 0.05) is 32.3 Å². The Kier molecular flexibility index (Phi) is 7.84. The Labute approximate surface area is 184 Å². The summed E-state index contributed by atoms with van der Waals surface area (Å²) in [6, 6.07) is 14.2.